The van der Waals surface area contributed by atoms with Gasteiger partial charge in [0.05, 0.1) is 26.0 Å². The third-order valence-corrected chi connectivity index (χ3v) is 5.53. The monoisotopic (exact) mass is 523 g/mol. The molecule has 4 aromatic carbocycles. The summed E-state index contributed by atoms with van der Waals surface area (Å²) in [6.07, 6.45) is 1.38. The maximum Gasteiger partial charge on any atom is 0.343 e. The number of para-hydroxylation sites is 1. The Bertz CT molecular complexity index is 1520. The van der Waals surface area contributed by atoms with Crippen LogP contribution in [0.1, 0.15) is 36.6 Å². The number of ether oxygens (including phenoxy) is 3. The molecule has 0 unspecified atom stereocenters. The summed E-state index contributed by atoms with van der Waals surface area (Å²) in [6.45, 7) is 0. The average Bonchev–Trinajstić information content (AvgIpc) is 2.98. The van der Waals surface area contributed by atoms with Crippen LogP contribution in [0.3, 0.4) is 0 Å². The Morgan fingerprint density at radius 1 is 0.692 bits per heavy atom. The van der Waals surface area contributed by atoms with Crippen LogP contribution in [0.25, 0.3) is 0 Å². The van der Waals surface area contributed by atoms with Crippen molar-refractivity contribution in [3.63, 3.8) is 0 Å². The highest BCUT2D eigenvalue weighted by Crippen LogP contribution is 2.19. The molecule has 0 aliphatic heterocycles. The molecule has 0 aliphatic carbocycles. The molecule has 0 fully saturated rings. The Balaban J connectivity index is 1.39. The van der Waals surface area contributed by atoms with E-state index < -0.39 is 11.9 Å². The van der Waals surface area contributed by atoms with Crippen molar-refractivity contribution < 1.29 is 28.6 Å². The number of hydrogen-bond donors (Lipinski definition) is 2. The number of carbonyl (C=O) groups is 3. The Morgan fingerprint density at radius 3 is 2.13 bits per heavy atom. The third-order valence-electron chi connectivity index (χ3n) is 5.53. The van der Waals surface area contributed by atoms with Crippen molar-refractivity contribution in [3.8, 4) is 17.2 Å². The van der Waals surface area contributed by atoms with E-state index in [1.165, 1.54) is 19.4 Å². The van der Waals surface area contributed by atoms with Crippen molar-refractivity contribution in [1.82, 2.24) is 5.43 Å². The van der Waals surface area contributed by atoms with E-state index >= 15 is 0 Å². The first kappa shape index (κ1) is 26.6. The second-order valence-corrected chi connectivity index (χ2v) is 8.12. The largest absolute Gasteiger partial charge is 0.497 e. The van der Waals surface area contributed by atoms with Crippen LogP contribution < -0.4 is 25.0 Å². The molecule has 4 aromatic rings. The van der Waals surface area contributed by atoms with Crippen molar-refractivity contribution in [1.29, 1.82) is 0 Å². The van der Waals surface area contributed by atoms with E-state index in [9.17, 15) is 14.4 Å². The van der Waals surface area contributed by atoms with Gasteiger partial charge in [-0.15, -0.1) is 0 Å². The molecular weight excluding hydrogens is 498 g/mol. The molecule has 0 bridgehead atoms. The lowest BCUT2D eigenvalue weighted by atomic mass is 10.1. The van der Waals surface area contributed by atoms with E-state index in [0.29, 0.717) is 33.9 Å². The van der Waals surface area contributed by atoms with Gasteiger partial charge in [-0.2, -0.15) is 5.10 Å². The lowest BCUT2D eigenvalue weighted by molar-refractivity contribution is 0.0733. The fourth-order valence-corrected chi connectivity index (χ4v) is 3.50. The van der Waals surface area contributed by atoms with E-state index in [2.05, 4.69) is 15.8 Å². The summed E-state index contributed by atoms with van der Waals surface area (Å²) in [7, 11) is 3.06. The molecule has 39 heavy (non-hydrogen) atoms. The van der Waals surface area contributed by atoms with Crippen LogP contribution >= 0.6 is 0 Å². The molecule has 0 heterocycles. The van der Waals surface area contributed by atoms with Crippen molar-refractivity contribution >= 4 is 29.7 Å². The van der Waals surface area contributed by atoms with Gasteiger partial charge in [0.1, 0.15) is 17.2 Å². The molecule has 9 heteroatoms. The molecule has 0 radical (unpaired) electrons. The standard InChI is InChI=1S/C30H25N3O6/c1-37-25-15-13-20(14-16-25)30(36)39-27-12-4-3-7-23(27)19-31-33-29(35)21-8-5-10-24(17-21)32-28(34)22-9-6-11-26(18-22)38-2/h3-19H,1-2H3,(H,32,34)(H,33,35). The van der Waals surface area contributed by atoms with Crippen LogP contribution in [0.2, 0.25) is 0 Å². The Kier molecular flexibility index (Phi) is 8.66. The number of anilines is 1. The summed E-state index contributed by atoms with van der Waals surface area (Å²) in [5.41, 5.74) is 4.43. The zero-order chi connectivity index (χ0) is 27.6. The van der Waals surface area contributed by atoms with Gasteiger partial charge in [0.2, 0.25) is 0 Å². The number of rotatable bonds is 9. The summed E-state index contributed by atoms with van der Waals surface area (Å²) >= 11 is 0. The van der Waals surface area contributed by atoms with E-state index in [1.807, 2.05) is 0 Å². The first-order chi connectivity index (χ1) is 19.0. The Morgan fingerprint density at radius 2 is 1.38 bits per heavy atom. The smallest absolute Gasteiger partial charge is 0.343 e. The minimum atomic E-state index is -0.546. The average molecular weight is 524 g/mol. The fourth-order valence-electron chi connectivity index (χ4n) is 3.50. The van der Waals surface area contributed by atoms with E-state index in [-0.39, 0.29) is 17.2 Å². The number of nitrogens with one attached hydrogen (secondary N) is 2. The van der Waals surface area contributed by atoms with E-state index in [4.69, 9.17) is 14.2 Å². The van der Waals surface area contributed by atoms with Crippen molar-refractivity contribution in [2.24, 2.45) is 5.10 Å². The maximum absolute atomic E-state index is 12.7. The molecule has 9 nitrogen and oxygen atoms in total. The number of methoxy groups -OCH3 is 2. The first-order valence-corrected chi connectivity index (χ1v) is 11.8. The van der Waals surface area contributed by atoms with Crippen molar-refractivity contribution in [2.45, 2.75) is 0 Å². The van der Waals surface area contributed by atoms with Crippen LogP contribution in [0.15, 0.2) is 102 Å². The third kappa shape index (κ3) is 7.07. The number of nitrogens with zero attached hydrogens (tertiary/aromatic N) is 1. The molecule has 0 saturated heterocycles. The summed E-state index contributed by atoms with van der Waals surface area (Å²) in [5.74, 6) is 0.0842. The van der Waals surface area contributed by atoms with Crippen LogP contribution in [-0.4, -0.2) is 38.2 Å². The second-order valence-electron chi connectivity index (χ2n) is 8.12. The minimum Gasteiger partial charge on any atom is -0.497 e. The second kappa shape index (κ2) is 12.7. The van der Waals surface area contributed by atoms with Crippen LogP contribution in [0, 0.1) is 0 Å². The summed E-state index contributed by atoms with van der Waals surface area (Å²) in [4.78, 5) is 37.8. The Labute approximate surface area is 225 Å². The molecule has 0 aliphatic rings. The topological polar surface area (TPSA) is 115 Å². The molecule has 0 saturated carbocycles. The molecule has 4 rings (SSSR count). The highest BCUT2D eigenvalue weighted by Gasteiger charge is 2.12. The normalized spacial score (nSPS) is 10.5. The lowest BCUT2D eigenvalue weighted by Gasteiger charge is -2.09. The number of hydrogen-bond acceptors (Lipinski definition) is 7. The SMILES string of the molecule is COc1ccc(C(=O)Oc2ccccc2C=NNC(=O)c2cccc(NC(=O)c3cccc(OC)c3)c2)cc1. The zero-order valence-corrected chi connectivity index (χ0v) is 21.2. The van der Waals surface area contributed by atoms with E-state index in [1.54, 1.807) is 98.1 Å². The number of carbonyl (C=O) groups excluding carboxylic acids is 3. The van der Waals surface area contributed by atoms with Gasteiger partial charge in [-0.3, -0.25) is 9.59 Å². The van der Waals surface area contributed by atoms with Crippen LogP contribution in [0.5, 0.6) is 17.2 Å². The molecule has 2 amide bonds. The van der Waals surface area contributed by atoms with Gasteiger partial charge < -0.3 is 19.5 Å². The molecule has 0 spiro atoms. The molecule has 196 valence electrons. The number of hydrazone groups is 1. The predicted molar refractivity (Wildman–Crippen MR) is 147 cm³/mol. The van der Waals surface area contributed by atoms with Gasteiger partial charge in [0.15, 0.2) is 0 Å². The Hall–Kier alpha value is -5.44. The van der Waals surface area contributed by atoms with Gasteiger partial charge in [-0.05, 0) is 72.8 Å². The fraction of sp³-hybridized carbons (Fsp3) is 0.0667. The molecule has 0 atom stereocenters. The highest BCUT2D eigenvalue weighted by atomic mass is 16.5. The number of benzene rings is 4. The molecular formula is C30H25N3O6. The van der Waals surface area contributed by atoms with E-state index in [0.717, 1.165) is 0 Å². The molecule has 2 N–H and O–H groups in total. The number of esters is 1. The van der Waals surface area contributed by atoms with Gasteiger partial charge in [0, 0.05) is 22.4 Å². The lowest BCUT2D eigenvalue weighted by Crippen LogP contribution is -2.18. The van der Waals surface area contributed by atoms with Crippen molar-refractivity contribution in [2.75, 3.05) is 19.5 Å². The summed E-state index contributed by atoms with van der Waals surface area (Å²) in [6, 6.07) is 26.5. The van der Waals surface area contributed by atoms with Crippen molar-refractivity contribution in [3.05, 3.63) is 119 Å². The van der Waals surface area contributed by atoms with Crippen LogP contribution in [-0.2, 0) is 0 Å². The first-order valence-electron chi connectivity index (χ1n) is 11.8. The van der Waals surface area contributed by atoms with Crippen LogP contribution in [0.4, 0.5) is 5.69 Å². The zero-order valence-electron chi connectivity index (χ0n) is 21.2. The van der Waals surface area contributed by atoms with Gasteiger partial charge >= 0.3 is 5.97 Å². The van der Waals surface area contributed by atoms with Gasteiger partial charge in [-0.25, -0.2) is 10.2 Å². The van der Waals surface area contributed by atoms with Gasteiger partial charge in [-0.1, -0.05) is 24.3 Å². The quantitative estimate of drug-likeness (QED) is 0.139. The van der Waals surface area contributed by atoms with Gasteiger partial charge in [0.25, 0.3) is 11.8 Å². The minimum absolute atomic E-state index is 0.276. The summed E-state index contributed by atoms with van der Waals surface area (Å²) in [5, 5.41) is 6.77. The summed E-state index contributed by atoms with van der Waals surface area (Å²) < 4.78 is 15.8. The maximum atomic E-state index is 12.7. The molecule has 0 aromatic heterocycles. The highest BCUT2D eigenvalue weighted by molar-refractivity contribution is 6.05. The predicted octanol–water partition coefficient (Wildman–Crippen LogP) is 4.94. The number of amides is 2.